The van der Waals surface area contributed by atoms with Gasteiger partial charge in [-0.25, -0.2) is 0 Å². The fourth-order valence-electron chi connectivity index (χ4n) is 2.55. The second kappa shape index (κ2) is 6.31. The Morgan fingerprint density at radius 3 is 2.48 bits per heavy atom. The molecule has 0 bridgehead atoms. The number of rotatable bonds is 5. The summed E-state index contributed by atoms with van der Waals surface area (Å²) in [6.07, 6.45) is 1.16. The third-order valence-corrected chi connectivity index (χ3v) is 4.51. The lowest BCUT2D eigenvalue weighted by Gasteiger charge is -2.09. The average molecular weight is 295 g/mol. The van der Waals surface area contributed by atoms with Gasteiger partial charge in [-0.15, -0.1) is 11.3 Å². The molecule has 1 N–H and O–H groups in total. The van der Waals surface area contributed by atoms with E-state index in [1.54, 1.807) is 11.3 Å². The summed E-state index contributed by atoms with van der Waals surface area (Å²) in [4.78, 5) is 0. The largest absolute Gasteiger partial charge is 0.381 e. The van der Waals surface area contributed by atoms with Crippen LogP contribution in [0.4, 0.5) is 5.69 Å². The van der Waals surface area contributed by atoms with Crippen molar-refractivity contribution in [2.75, 3.05) is 5.32 Å². The molecule has 0 spiro atoms. The molecule has 3 rings (SSSR count). The number of thiophene rings is 1. The first-order chi connectivity index (χ1) is 10.2. The molecule has 1 nitrogen and oxygen atoms in total. The maximum absolute atomic E-state index is 3.51. The molecule has 0 fully saturated rings. The van der Waals surface area contributed by atoms with E-state index in [4.69, 9.17) is 0 Å². The number of anilines is 1. The van der Waals surface area contributed by atoms with Gasteiger partial charge in [0.25, 0.3) is 0 Å². The third kappa shape index (κ3) is 3.64. The molecule has 0 aliphatic carbocycles. The van der Waals surface area contributed by atoms with E-state index in [0.29, 0.717) is 5.92 Å². The highest BCUT2D eigenvalue weighted by molar-refractivity contribution is 7.17. The smallest absolute Gasteiger partial charge is 0.0400 e. The Kier molecular flexibility index (Phi) is 4.26. The summed E-state index contributed by atoms with van der Waals surface area (Å²) in [6, 6.07) is 17.7. The minimum atomic E-state index is 0.714. The molecule has 1 heterocycles. The van der Waals surface area contributed by atoms with Gasteiger partial charge in [0, 0.05) is 16.9 Å². The second-order valence-electron chi connectivity index (χ2n) is 5.94. The van der Waals surface area contributed by atoms with Crippen LogP contribution in [0.25, 0.3) is 10.1 Å². The van der Waals surface area contributed by atoms with Crippen molar-refractivity contribution in [3.63, 3.8) is 0 Å². The normalized spacial score (nSPS) is 11.2. The van der Waals surface area contributed by atoms with E-state index in [1.807, 2.05) is 0 Å². The molecular weight excluding hydrogens is 274 g/mol. The predicted molar refractivity (Wildman–Crippen MR) is 94.1 cm³/mol. The van der Waals surface area contributed by atoms with Crippen LogP contribution in [0.15, 0.2) is 53.9 Å². The quantitative estimate of drug-likeness (QED) is 0.635. The molecule has 2 heteroatoms. The van der Waals surface area contributed by atoms with E-state index in [2.05, 4.69) is 73.1 Å². The lowest BCUT2D eigenvalue weighted by Crippen LogP contribution is -2.00. The van der Waals surface area contributed by atoms with Crippen molar-refractivity contribution in [3.8, 4) is 0 Å². The van der Waals surface area contributed by atoms with Crippen molar-refractivity contribution >= 4 is 27.1 Å². The van der Waals surface area contributed by atoms with Crippen LogP contribution in [-0.2, 0) is 13.0 Å². The zero-order chi connectivity index (χ0) is 14.7. The van der Waals surface area contributed by atoms with Crippen molar-refractivity contribution in [3.05, 3.63) is 65.0 Å². The molecule has 0 aliphatic rings. The minimum Gasteiger partial charge on any atom is -0.381 e. The molecule has 0 saturated carbocycles. The highest BCUT2D eigenvalue weighted by atomic mass is 32.1. The monoisotopic (exact) mass is 295 g/mol. The molecule has 108 valence electrons. The molecule has 0 radical (unpaired) electrons. The first-order valence-corrected chi connectivity index (χ1v) is 8.37. The minimum absolute atomic E-state index is 0.714. The zero-order valence-electron chi connectivity index (χ0n) is 12.6. The summed E-state index contributed by atoms with van der Waals surface area (Å²) in [7, 11) is 0. The lowest BCUT2D eigenvalue weighted by molar-refractivity contribution is 0.647. The van der Waals surface area contributed by atoms with Crippen LogP contribution in [-0.4, -0.2) is 0 Å². The van der Waals surface area contributed by atoms with Gasteiger partial charge < -0.3 is 5.32 Å². The zero-order valence-corrected chi connectivity index (χ0v) is 13.4. The number of hydrogen-bond donors (Lipinski definition) is 1. The molecular formula is C19H21NS. The van der Waals surface area contributed by atoms with Crippen LogP contribution in [0.1, 0.15) is 25.0 Å². The molecule has 0 unspecified atom stereocenters. The topological polar surface area (TPSA) is 12.0 Å². The Bertz CT molecular complexity index is 710. The van der Waals surface area contributed by atoms with Gasteiger partial charge in [-0.3, -0.25) is 0 Å². The first-order valence-electron chi connectivity index (χ1n) is 7.49. The van der Waals surface area contributed by atoms with E-state index in [9.17, 15) is 0 Å². The molecule has 0 saturated heterocycles. The SMILES string of the molecule is CC(C)Cc1ccc(CNc2ccc3sccc3c2)cc1. The van der Waals surface area contributed by atoms with Crippen LogP contribution >= 0.6 is 11.3 Å². The third-order valence-electron chi connectivity index (χ3n) is 3.62. The summed E-state index contributed by atoms with van der Waals surface area (Å²) in [6.45, 7) is 5.39. The van der Waals surface area contributed by atoms with E-state index >= 15 is 0 Å². The second-order valence-corrected chi connectivity index (χ2v) is 6.89. The van der Waals surface area contributed by atoms with Crippen molar-refractivity contribution in [1.82, 2.24) is 0 Å². The Hall–Kier alpha value is -1.80. The fourth-order valence-corrected chi connectivity index (χ4v) is 3.32. The number of hydrogen-bond acceptors (Lipinski definition) is 2. The summed E-state index contributed by atoms with van der Waals surface area (Å²) >= 11 is 1.79. The summed E-state index contributed by atoms with van der Waals surface area (Å²) in [5, 5.41) is 6.97. The molecule has 0 amide bonds. The van der Waals surface area contributed by atoms with Gasteiger partial charge in [0.15, 0.2) is 0 Å². The predicted octanol–water partition coefficient (Wildman–Crippen LogP) is 5.71. The van der Waals surface area contributed by atoms with Gasteiger partial charge in [0.1, 0.15) is 0 Å². The molecule has 21 heavy (non-hydrogen) atoms. The average Bonchev–Trinajstić information content (AvgIpc) is 2.93. The molecule has 2 aromatic carbocycles. The van der Waals surface area contributed by atoms with E-state index in [1.165, 1.54) is 26.9 Å². The molecule has 1 aromatic heterocycles. The lowest BCUT2D eigenvalue weighted by atomic mass is 10.0. The Labute approximate surface area is 130 Å². The highest BCUT2D eigenvalue weighted by Crippen LogP contribution is 2.24. The number of nitrogens with one attached hydrogen (secondary N) is 1. The van der Waals surface area contributed by atoms with E-state index in [-0.39, 0.29) is 0 Å². The molecule has 3 aromatic rings. The summed E-state index contributed by atoms with van der Waals surface area (Å²) in [5.74, 6) is 0.714. The fraction of sp³-hybridized carbons (Fsp3) is 0.263. The maximum Gasteiger partial charge on any atom is 0.0400 e. The van der Waals surface area contributed by atoms with Crippen molar-refractivity contribution in [2.24, 2.45) is 5.92 Å². The van der Waals surface area contributed by atoms with Crippen molar-refractivity contribution in [2.45, 2.75) is 26.8 Å². The van der Waals surface area contributed by atoms with Crippen LogP contribution in [0.3, 0.4) is 0 Å². The number of fused-ring (bicyclic) bond motifs is 1. The van der Waals surface area contributed by atoms with Crippen molar-refractivity contribution < 1.29 is 0 Å². The van der Waals surface area contributed by atoms with Crippen molar-refractivity contribution in [1.29, 1.82) is 0 Å². The van der Waals surface area contributed by atoms with Gasteiger partial charge in [-0.1, -0.05) is 38.1 Å². The standard InChI is InChI=1S/C19H21NS/c1-14(2)11-15-3-5-16(6-4-15)13-20-18-7-8-19-17(12-18)9-10-21-19/h3-10,12,14,20H,11,13H2,1-2H3. The van der Waals surface area contributed by atoms with Crippen LogP contribution in [0.5, 0.6) is 0 Å². The highest BCUT2D eigenvalue weighted by Gasteiger charge is 2.00. The molecule has 0 atom stereocenters. The van der Waals surface area contributed by atoms with Gasteiger partial charge in [-0.2, -0.15) is 0 Å². The Morgan fingerprint density at radius 1 is 0.952 bits per heavy atom. The summed E-state index contributed by atoms with van der Waals surface area (Å²) in [5.41, 5.74) is 3.94. The van der Waals surface area contributed by atoms with Gasteiger partial charge in [0.2, 0.25) is 0 Å². The van der Waals surface area contributed by atoms with Crippen LogP contribution in [0.2, 0.25) is 0 Å². The summed E-state index contributed by atoms with van der Waals surface area (Å²) < 4.78 is 1.35. The number of benzene rings is 2. The van der Waals surface area contributed by atoms with Crippen LogP contribution < -0.4 is 5.32 Å². The molecule has 0 aliphatic heterocycles. The van der Waals surface area contributed by atoms with E-state index in [0.717, 1.165) is 13.0 Å². The Balaban J connectivity index is 1.63. The first kappa shape index (κ1) is 14.2. The van der Waals surface area contributed by atoms with Gasteiger partial charge >= 0.3 is 0 Å². The van der Waals surface area contributed by atoms with E-state index < -0.39 is 0 Å². The van der Waals surface area contributed by atoms with Gasteiger partial charge in [-0.05, 0) is 58.5 Å². The van der Waals surface area contributed by atoms with Crippen LogP contribution in [0, 0.1) is 5.92 Å². The maximum atomic E-state index is 3.51. The Morgan fingerprint density at radius 2 is 1.71 bits per heavy atom. The van der Waals surface area contributed by atoms with Gasteiger partial charge in [0.05, 0.1) is 0 Å².